The summed E-state index contributed by atoms with van der Waals surface area (Å²) >= 11 is 0. The first-order valence-corrected chi connectivity index (χ1v) is 9.58. The summed E-state index contributed by atoms with van der Waals surface area (Å²) in [6.45, 7) is 4.67. The molecule has 2 nitrogen and oxygen atoms in total. The third kappa shape index (κ3) is 6.67. The van der Waals surface area contributed by atoms with Gasteiger partial charge >= 0.3 is 0 Å². The van der Waals surface area contributed by atoms with Gasteiger partial charge in [-0.1, -0.05) is 84.5 Å². The van der Waals surface area contributed by atoms with E-state index in [2.05, 4.69) is 49.4 Å². The van der Waals surface area contributed by atoms with Crippen molar-refractivity contribution in [3.8, 4) is 0 Å². The fraction of sp³-hybridized carbons (Fsp3) is 0.280. The summed E-state index contributed by atoms with van der Waals surface area (Å²) in [7, 11) is 0. The van der Waals surface area contributed by atoms with Gasteiger partial charge in [0.25, 0.3) is 0 Å². The molecule has 0 spiro atoms. The molecule has 0 atom stereocenters. The topological polar surface area (TPSA) is 18.5 Å². The SMILES string of the molecule is C/C1=C/C/C=C(COCc2ccccc2)\C(COCc2ccccc2)=C/C1. The molecular formula is C25H28O2. The number of hydrogen-bond donors (Lipinski definition) is 0. The summed E-state index contributed by atoms with van der Waals surface area (Å²) in [5, 5.41) is 0. The van der Waals surface area contributed by atoms with Crippen LogP contribution >= 0.6 is 0 Å². The van der Waals surface area contributed by atoms with Crippen LogP contribution in [0.5, 0.6) is 0 Å². The molecule has 0 heterocycles. The Balaban J connectivity index is 1.58. The lowest BCUT2D eigenvalue weighted by Gasteiger charge is -2.16. The molecule has 0 amide bonds. The van der Waals surface area contributed by atoms with Gasteiger partial charge < -0.3 is 9.47 Å². The first-order valence-electron chi connectivity index (χ1n) is 9.58. The molecule has 0 saturated carbocycles. The zero-order valence-corrected chi connectivity index (χ0v) is 16.1. The minimum atomic E-state index is 0.613. The van der Waals surface area contributed by atoms with Crippen LogP contribution in [0.15, 0.2) is 95.6 Å². The van der Waals surface area contributed by atoms with Gasteiger partial charge in [-0.2, -0.15) is 0 Å². The Hall–Kier alpha value is -2.42. The molecule has 0 aliphatic heterocycles. The fourth-order valence-corrected chi connectivity index (χ4v) is 3.04. The second-order valence-electron chi connectivity index (χ2n) is 6.91. The van der Waals surface area contributed by atoms with Gasteiger partial charge in [0.05, 0.1) is 26.4 Å². The number of rotatable bonds is 8. The molecule has 0 fully saturated rings. The molecule has 0 radical (unpaired) electrons. The molecule has 2 aromatic rings. The van der Waals surface area contributed by atoms with Gasteiger partial charge in [-0.15, -0.1) is 0 Å². The molecule has 0 N–H and O–H groups in total. The van der Waals surface area contributed by atoms with E-state index in [4.69, 9.17) is 9.47 Å². The molecule has 3 rings (SSSR count). The van der Waals surface area contributed by atoms with E-state index in [0.29, 0.717) is 26.4 Å². The van der Waals surface area contributed by atoms with Crippen molar-refractivity contribution in [2.24, 2.45) is 0 Å². The van der Waals surface area contributed by atoms with E-state index < -0.39 is 0 Å². The van der Waals surface area contributed by atoms with Gasteiger partial charge in [-0.3, -0.25) is 0 Å². The summed E-state index contributed by atoms with van der Waals surface area (Å²) in [4.78, 5) is 0. The van der Waals surface area contributed by atoms with Gasteiger partial charge in [-0.05, 0) is 42.0 Å². The van der Waals surface area contributed by atoms with E-state index in [1.807, 2.05) is 36.4 Å². The minimum absolute atomic E-state index is 0.613. The lowest BCUT2D eigenvalue weighted by Crippen LogP contribution is -2.08. The summed E-state index contributed by atoms with van der Waals surface area (Å²) in [6.07, 6.45) is 8.76. The van der Waals surface area contributed by atoms with Crippen LogP contribution in [0.3, 0.4) is 0 Å². The average molecular weight is 360 g/mol. The fourth-order valence-electron chi connectivity index (χ4n) is 3.04. The van der Waals surface area contributed by atoms with Crippen molar-refractivity contribution in [3.63, 3.8) is 0 Å². The Morgan fingerprint density at radius 3 is 1.70 bits per heavy atom. The van der Waals surface area contributed by atoms with Crippen LogP contribution in [-0.4, -0.2) is 13.2 Å². The molecule has 140 valence electrons. The van der Waals surface area contributed by atoms with Crippen LogP contribution in [0.4, 0.5) is 0 Å². The molecule has 0 unspecified atom stereocenters. The maximum atomic E-state index is 6.00. The van der Waals surface area contributed by atoms with E-state index in [1.165, 1.54) is 27.8 Å². The van der Waals surface area contributed by atoms with E-state index in [-0.39, 0.29) is 0 Å². The van der Waals surface area contributed by atoms with E-state index in [1.54, 1.807) is 0 Å². The van der Waals surface area contributed by atoms with Crippen molar-refractivity contribution in [3.05, 3.63) is 107 Å². The number of hydrogen-bond acceptors (Lipinski definition) is 2. The Morgan fingerprint density at radius 2 is 1.15 bits per heavy atom. The van der Waals surface area contributed by atoms with Crippen molar-refractivity contribution in [1.29, 1.82) is 0 Å². The van der Waals surface area contributed by atoms with Gasteiger partial charge in [0.1, 0.15) is 0 Å². The molecule has 2 aromatic carbocycles. The Bertz CT molecular complexity index is 786. The van der Waals surface area contributed by atoms with Crippen LogP contribution in [0.2, 0.25) is 0 Å². The molecule has 0 aromatic heterocycles. The van der Waals surface area contributed by atoms with Crippen LogP contribution in [0, 0.1) is 0 Å². The molecule has 27 heavy (non-hydrogen) atoms. The highest BCUT2D eigenvalue weighted by Crippen LogP contribution is 2.20. The standard InChI is InChI=1S/C25H28O2/c1-21-9-8-14-24(19-26-17-22-10-4-2-5-11-22)25(16-15-21)20-27-18-23-12-6-3-7-13-23/h2-7,9-14,16H,8,15,17-20H2,1H3/b21-9-,24-14-,25-16-. The van der Waals surface area contributed by atoms with Crippen LogP contribution < -0.4 is 0 Å². The van der Waals surface area contributed by atoms with E-state index in [0.717, 1.165) is 12.8 Å². The van der Waals surface area contributed by atoms with E-state index >= 15 is 0 Å². The van der Waals surface area contributed by atoms with Gasteiger partial charge in [0, 0.05) is 0 Å². The van der Waals surface area contributed by atoms with E-state index in [9.17, 15) is 0 Å². The zero-order valence-electron chi connectivity index (χ0n) is 16.1. The molecule has 1 aliphatic carbocycles. The van der Waals surface area contributed by atoms with Crippen molar-refractivity contribution in [2.45, 2.75) is 33.0 Å². The molecule has 1 aliphatic rings. The minimum Gasteiger partial charge on any atom is -0.372 e. The van der Waals surface area contributed by atoms with Crippen molar-refractivity contribution < 1.29 is 9.47 Å². The van der Waals surface area contributed by atoms with Gasteiger partial charge in [-0.25, -0.2) is 0 Å². The largest absolute Gasteiger partial charge is 0.372 e. The monoisotopic (exact) mass is 360 g/mol. The molecule has 0 saturated heterocycles. The van der Waals surface area contributed by atoms with Crippen LogP contribution in [-0.2, 0) is 22.7 Å². The van der Waals surface area contributed by atoms with Crippen molar-refractivity contribution in [2.75, 3.05) is 13.2 Å². The zero-order chi connectivity index (χ0) is 18.7. The lowest BCUT2D eigenvalue weighted by molar-refractivity contribution is 0.130. The number of ether oxygens (including phenoxy) is 2. The Labute approximate surface area is 162 Å². The van der Waals surface area contributed by atoms with Crippen molar-refractivity contribution in [1.82, 2.24) is 0 Å². The van der Waals surface area contributed by atoms with Crippen LogP contribution in [0.1, 0.15) is 30.9 Å². The molecule has 0 bridgehead atoms. The number of benzene rings is 2. The lowest BCUT2D eigenvalue weighted by atomic mass is 9.99. The average Bonchev–Trinajstić information content (AvgIpc) is 2.70. The maximum Gasteiger partial charge on any atom is 0.0721 e. The maximum absolute atomic E-state index is 6.00. The normalized spacial score (nSPS) is 20.4. The first kappa shape index (κ1) is 19.3. The molecule has 2 heteroatoms. The summed E-state index contributed by atoms with van der Waals surface area (Å²) in [5.74, 6) is 0. The van der Waals surface area contributed by atoms with Crippen LogP contribution in [0.25, 0.3) is 0 Å². The predicted molar refractivity (Wildman–Crippen MR) is 111 cm³/mol. The Kier molecular flexibility index (Phi) is 7.64. The summed E-state index contributed by atoms with van der Waals surface area (Å²) in [5.41, 5.74) is 6.28. The summed E-state index contributed by atoms with van der Waals surface area (Å²) in [6, 6.07) is 20.6. The van der Waals surface area contributed by atoms with Gasteiger partial charge in [0.15, 0.2) is 0 Å². The van der Waals surface area contributed by atoms with Gasteiger partial charge in [0.2, 0.25) is 0 Å². The highest BCUT2D eigenvalue weighted by molar-refractivity contribution is 5.35. The number of allylic oxidation sites excluding steroid dienone is 4. The second kappa shape index (κ2) is 10.7. The third-order valence-electron chi connectivity index (χ3n) is 4.65. The smallest absolute Gasteiger partial charge is 0.0721 e. The predicted octanol–water partition coefficient (Wildman–Crippen LogP) is 6.01. The second-order valence-corrected chi connectivity index (χ2v) is 6.91. The molecular weight excluding hydrogens is 332 g/mol. The van der Waals surface area contributed by atoms with Crippen molar-refractivity contribution >= 4 is 0 Å². The highest BCUT2D eigenvalue weighted by atomic mass is 16.5. The Morgan fingerprint density at radius 1 is 0.630 bits per heavy atom. The first-order chi connectivity index (χ1) is 13.3. The third-order valence-corrected chi connectivity index (χ3v) is 4.65. The summed E-state index contributed by atoms with van der Waals surface area (Å²) < 4.78 is 12.0. The highest BCUT2D eigenvalue weighted by Gasteiger charge is 2.09. The quantitative estimate of drug-likeness (QED) is 0.537.